The van der Waals surface area contributed by atoms with Crippen LogP contribution in [0.3, 0.4) is 0 Å². The summed E-state index contributed by atoms with van der Waals surface area (Å²) in [5, 5.41) is 12.3. The average molecular weight is 199 g/mol. The van der Waals surface area contributed by atoms with E-state index in [2.05, 4.69) is 5.32 Å². The Morgan fingerprint density at radius 1 is 1.50 bits per heavy atom. The fourth-order valence-electron chi connectivity index (χ4n) is 1.91. The Labute approximate surface area is 83.6 Å². The van der Waals surface area contributed by atoms with E-state index in [-0.39, 0.29) is 11.8 Å². The first-order chi connectivity index (χ1) is 6.77. The van der Waals surface area contributed by atoms with Crippen LogP contribution in [-0.4, -0.2) is 36.9 Å². The van der Waals surface area contributed by atoms with E-state index in [0.29, 0.717) is 19.2 Å². The van der Waals surface area contributed by atoms with E-state index in [0.717, 1.165) is 13.0 Å². The maximum Gasteiger partial charge on any atom is 0.308 e. The lowest BCUT2D eigenvalue weighted by Gasteiger charge is -2.18. The maximum absolute atomic E-state index is 11.0. The first kappa shape index (κ1) is 9.93. The highest BCUT2D eigenvalue weighted by Gasteiger charge is 2.32. The molecule has 2 atom stereocenters. The van der Waals surface area contributed by atoms with Crippen LogP contribution in [0, 0.1) is 11.8 Å². The van der Waals surface area contributed by atoms with Crippen LogP contribution in [0.15, 0.2) is 0 Å². The lowest BCUT2D eigenvalue weighted by atomic mass is 9.91. The molecule has 2 rings (SSSR count). The molecule has 2 fully saturated rings. The molecule has 2 N–H and O–H groups in total. The monoisotopic (exact) mass is 199 g/mol. The predicted octanol–water partition coefficient (Wildman–Crippen LogP) is 0.476. The topological polar surface area (TPSA) is 58.6 Å². The molecular weight excluding hydrogens is 182 g/mol. The van der Waals surface area contributed by atoms with Gasteiger partial charge in [-0.3, -0.25) is 4.79 Å². The molecule has 0 spiro atoms. The van der Waals surface area contributed by atoms with Gasteiger partial charge in [0.05, 0.1) is 12.5 Å². The molecule has 4 heteroatoms. The van der Waals surface area contributed by atoms with Gasteiger partial charge in [-0.2, -0.15) is 0 Å². The minimum absolute atomic E-state index is 0.207. The van der Waals surface area contributed by atoms with Gasteiger partial charge in [0.1, 0.15) is 0 Å². The lowest BCUT2D eigenvalue weighted by molar-refractivity contribution is -0.143. The van der Waals surface area contributed by atoms with Crippen molar-refractivity contribution in [3.63, 3.8) is 0 Å². The molecule has 4 nitrogen and oxygen atoms in total. The summed E-state index contributed by atoms with van der Waals surface area (Å²) < 4.78 is 5.22. The van der Waals surface area contributed by atoms with Crippen molar-refractivity contribution in [1.82, 2.24) is 5.32 Å². The van der Waals surface area contributed by atoms with Crippen LogP contribution in [0.25, 0.3) is 0 Å². The van der Waals surface area contributed by atoms with Crippen molar-refractivity contribution in [2.45, 2.75) is 25.3 Å². The molecule has 2 aliphatic rings. The van der Waals surface area contributed by atoms with Crippen LogP contribution < -0.4 is 5.32 Å². The van der Waals surface area contributed by atoms with Gasteiger partial charge in [-0.25, -0.2) is 0 Å². The lowest BCUT2D eigenvalue weighted by Crippen LogP contribution is -2.35. The van der Waals surface area contributed by atoms with Gasteiger partial charge in [0.2, 0.25) is 0 Å². The number of carboxylic acids is 1. The molecule has 0 amide bonds. The molecule has 0 aromatic rings. The summed E-state index contributed by atoms with van der Waals surface area (Å²) in [5.74, 6) is -0.745. The molecule has 1 saturated carbocycles. The van der Waals surface area contributed by atoms with Crippen molar-refractivity contribution < 1.29 is 14.6 Å². The van der Waals surface area contributed by atoms with Crippen molar-refractivity contribution in [3.8, 4) is 0 Å². The van der Waals surface area contributed by atoms with Crippen LogP contribution in [0.1, 0.15) is 19.3 Å². The number of aliphatic carboxylic acids is 1. The largest absolute Gasteiger partial charge is 0.481 e. The van der Waals surface area contributed by atoms with E-state index >= 15 is 0 Å². The van der Waals surface area contributed by atoms with E-state index in [1.807, 2.05) is 0 Å². The van der Waals surface area contributed by atoms with Crippen molar-refractivity contribution in [1.29, 1.82) is 0 Å². The standard InChI is InChI=1S/C10H17NO3/c12-10(13)9(5-11-8-1-2-8)7-3-4-14-6-7/h7-9,11H,1-6H2,(H,12,13). The van der Waals surface area contributed by atoms with E-state index in [1.165, 1.54) is 12.8 Å². The van der Waals surface area contributed by atoms with Gasteiger partial charge < -0.3 is 15.2 Å². The maximum atomic E-state index is 11.0. The smallest absolute Gasteiger partial charge is 0.308 e. The van der Waals surface area contributed by atoms with Crippen LogP contribution in [0.4, 0.5) is 0 Å². The van der Waals surface area contributed by atoms with E-state index in [4.69, 9.17) is 9.84 Å². The molecule has 2 unspecified atom stereocenters. The Morgan fingerprint density at radius 2 is 2.29 bits per heavy atom. The summed E-state index contributed by atoms with van der Waals surface area (Å²) in [4.78, 5) is 11.0. The van der Waals surface area contributed by atoms with Crippen molar-refractivity contribution >= 4 is 5.97 Å². The molecule has 1 saturated heterocycles. The zero-order valence-electron chi connectivity index (χ0n) is 8.24. The zero-order chi connectivity index (χ0) is 9.97. The normalized spacial score (nSPS) is 29.0. The summed E-state index contributed by atoms with van der Waals surface area (Å²) in [6.45, 7) is 1.94. The molecule has 1 aliphatic heterocycles. The van der Waals surface area contributed by atoms with E-state index < -0.39 is 5.97 Å². The minimum Gasteiger partial charge on any atom is -0.481 e. The third-order valence-electron chi connectivity index (χ3n) is 3.05. The first-order valence-corrected chi connectivity index (χ1v) is 5.31. The number of hydrogen-bond donors (Lipinski definition) is 2. The van der Waals surface area contributed by atoms with E-state index in [9.17, 15) is 4.79 Å². The minimum atomic E-state index is -0.686. The molecule has 0 aromatic carbocycles. The number of rotatable bonds is 5. The highest BCUT2D eigenvalue weighted by atomic mass is 16.5. The molecule has 0 bridgehead atoms. The van der Waals surface area contributed by atoms with Crippen LogP contribution in [0.2, 0.25) is 0 Å². The van der Waals surface area contributed by atoms with E-state index in [1.54, 1.807) is 0 Å². The molecular formula is C10H17NO3. The SMILES string of the molecule is O=C(O)C(CNC1CC1)C1CCOC1. The molecule has 0 aromatic heterocycles. The number of nitrogens with one attached hydrogen (secondary N) is 1. The fraction of sp³-hybridized carbons (Fsp3) is 0.900. The highest BCUT2D eigenvalue weighted by molar-refractivity contribution is 5.70. The Balaban J connectivity index is 1.81. The summed E-state index contributed by atoms with van der Waals surface area (Å²) in [6, 6.07) is 0.583. The third-order valence-corrected chi connectivity index (χ3v) is 3.05. The third kappa shape index (κ3) is 2.45. The molecule has 1 aliphatic carbocycles. The first-order valence-electron chi connectivity index (χ1n) is 5.31. The predicted molar refractivity (Wildman–Crippen MR) is 51.1 cm³/mol. The van der Waals surface area contributed by atoms with Gasteiger partial charge >= 0.3 is 5.97 Å². The van der Waals surface area contributed by atoms with Crippen molar-refractivity contribution in [3.05, 3.63) is 0 Å². The van der Waals surface area contributed by atoms with Crippen LogP contribution in [0.5, 0.6) is 0 Å². The fourth-order valence-corrected chi connectivity index (χ4v) is 1.91. The van der Waals surface area contributed by atoms with Gasteiger partial charge in [-0.05, 0) is 25.2 Å². The van der Waals surface area contributed by atoms with Gasteiger partial charge in [0, 0.05) is 19.2 Å². The molecule has 80 valence electrons. The Morgan fingerprint density at radius 3 is 2.79 bits per heavy atom. The molecule has 14 heavy (non-hydrogen) atoms. The number of hydrogen-bond acceptors (Lipinski definition) is 3. The van der Waals surface area contributed by atoms with Gasteiger partial charge in [0.15, 0.2) is 0 Å². The van der Waals surface area contributed by atoms with Crippen molar-refractivity contribution in [2.75, 3.05) is 19.8 Å². The second-order valence-corrected chi connectivity index (χ2v) is 4.25. The summed E-state index contributed by atoms with van der Waals surface area (Å²) >= 11 is 0. The second kappa shape index (κ2) is 4.28. The van der Waals surface area contributed by atoms with Gasteiger partial charge in [0.25, 0.3) is 0 Å². The van der Waals surface area contributed by atoms with Gasteiger partial charge in [-0.1, -0.05) is 0 Å². The zero-order valence-corrected chi connectivity index (χ0v) is 8.24. The van der Waals surface area contributed by atoms with Crippen LogP contribution in [-0.2, 0) is 9.53 Å². The van der Waals surface area contributed by atoms with Gasteiger partial charge in [-0.15, -0.1) is 0 Å². The number of ether oxygens (including phenoxy) is 1. The summed E-state index contributed by atoms with van der Waals surface area (Å²) in [7, 11) is 0. The summed E-state index contributed by atoms with van der Waals surface area (Å²) in [5.41, 5.74) is 0. The Kier molecular flexibility index (Phi) is 3.03. The summed E-state index contributed by atoms with van der Waals surface area (Å²) in [6.07, 6.45) is 3.30. The Hall–Kier alpha value is -0.610. The second-order valence-electron chi connectivity index (χ2n) is 4.25. The van der Waals surface area contributed by atoms with Crippen LogP contribution >= 0.6 is 0 Å². The molecule has 1 heterocycles. The Bertz CT molecular complexity index is 209. The molecule has 0 radical (unpaired) electrons. The number of carbonyl (C=O) groups is 1. The highest BCUT2D eigenvalue weighted by Crippen LogP contribution is 2.24. The quantitative estimate of drug-likeness (QED) is 0.676. The number of carboxylic acid groups (broad SMARTS) is 1. The van der Waals surface area contributed by atoms with Crippen molar-refractivity contribution in [2.24, 2.45) is 11.8 Å². The average Bonchev–Trinajstić information content (AvgIpc) is 2.80.